The first kappa shape index (κ1) is 22.8. The van der Waals surface area contributed by atoms with E-state index in [4.69, 9.17) is 19.9 Å². The van der Waals surface area contributed by atoms with Crippen LogP contribution in [0.25, 0.3) is 32.5 Å². The lowest BCUT2D eigenvalue weighted by Crippen LogP contribution is -2.46. The first-order chi connectivity index (χ1) is 18.2. The van der Waals surface area contributed by atoms with Crippen LogP contribution in [0.2, 0.25) is 0 Å². The van der Waals surface area contributed by atoms with Gasteiger partial charge >= 0.3 is 0 Å². The van der Waals surface area contributed by atoms with E-state index in [0.29, 0.717) is 0 Å². The number of fused-ring (bicyclic) bond motifs is 4. The van der Waals surface area contributed by atoms with Gasteiger partial charge < -0.3 is 9.47 Å². The normalized spacial score (nSPS) is 16.5. The van der Waals surface area contributed by atoms with Gasteiger partial charge in [0, 0.05) is 55.2 Å². The van der Waals surface area contributed by atoms with Gasteiger partial charge in [-0.05, 0) is 45.2 Å². The molecule has 2 aliphatic rings. The number of piperazine rings is 1. The number of benzene rings is 1. The maximum atomic E-state index is 4.94. The molecule has 37 heavy (non-hydrogen) atoms. The summed E-state index contributed by atoms with van der Waals surface area (Å²) in [6.07, 6.45) is 5.26. The van der Waals surface area contributed by atoms with Crippen molar-refractivity contribution < 1.29 is 0 Å². The van der Waals surface area contributed by atoms with Crippen molar-refractivity contribution in [3.63, 3.8) is 0 Å². The van der Waals surface area contributed by atoms with Crippen molar-refractivity contribution in [1.82, 2.24) is 29.4 Å². The quantitative estimate of drug-likeness (QED) is 0.324. The summed E-state index contributed by atoms with van der Waals surface area (Å²) in [5, 5.41) is 2.30. The zero-order chi connectivity index (χ0) is 24.9. The second-order valence-electron chi connectivity index (χ2n) is 10.2. The Balaban J connectivity index is 1.18. The Kier molecular flexibility index (Phi) is 5.66. The number of aryl methyl sites for hydroxylation is 3. The SMILES string of the molecule is Cc1nc(-c2c3n(c4c(N5CCN(Cc6ccc7ccccc7n6)CC5)ncnc24)CCCC3)sc1C. The maximum absolute atomic E-state index is 4.94. The molecule has 6 heterocycles. The van der Waals surface area contributed by atoms with Crippen LogP contribution in [-0.2, 0) is 19.5 Å². The Bertz CT molecular complexity index is 1590. The molecule has 0 N–H and O–H groups in total. The Labute approximate surface area is 220 Å². The molecule has 1 saturated heterocycles. The highest BCUT2D eigenvalue weighted by atomic mass is 32.1. The minimum atomic E-state index is 0.880. The predicted molar refractivity (Wildman–Crippen MR) is 150 cm³/mol. The summed E-state index contributed by atoms with van der Waals surface area (Å²) in [5.74, 6) is 1.08. The third-order valence-corrected chi connectivity index (χ3v) is 9.02. The summed E-state index contributed by atoms with van der Waals surface area (Å²) in [7, 11) is 0. The van der Waals surface area contributed by atoms with E-state index in [1.807, 2.05) is 0 Å². The molecule has 1 fully saturated rings. The Morgan fingerprint density at radius 2 is 1.76 bits per heavy atom. The molecule has 0 radical (unpaired) electrons. The van der Waals surface area contributed by atoms with E-state index in [2.05, 4.69) is 64.6 Å². The van der Waals surface area contributed by atoms with E-state index in [-0.39, 0.29) is 0 Å². The molecule has 7 nitrogen and oxygen atoms in total. The van der Waals surface area contributed by atoms with Crippen molar-refractivity contribution in [3.05, 3.63) is 64.7 Å². The molecule has 7 rings (SSSR count). The lowest BCUT2D eigenvalue weighted by Gasteiger charge is -2.35. The molecule has 0 bridgehead atoms. The highest BCUT2D eigenvalue weighted by Gasteiger charge is 2.29. The number of anilines is 1. The zero-order valence-corrected chi connectivity index (χ0v) is 22.3. The number of para-hydroxylation sites is 1. The van der Waals surface area contributed by atoms with E-state index >= 15 is 0 Å². The average molecular weight is 510 g/mol. The number of thiazole rings is 1. The Morgan fingerprint density at radius 1 is 0.892 bits per heavy atom. The van der Waals surface area contributed by atoms with Crippen LogP contribution in [0.15, 0.2) is 42.7 Å². The number of hydrogen-bond acceptors (Lipinski definition) is 7. The van der Waals surface area contributed by atoms with Gasteiger partial charge in [0.15, 0.2) is 5.82 Å². The zero-order valence-electron chi connectivity index (χ0n) is 21.4. The van der Waals surface area contributed by atoms with Gasteiger partial charge in [0.25, 0.3) is 0 Å². The van der Waals surface area contributed by atoms with Crippen LogP contribution in [-0.4, -0.2) is 55.6 Å². The van der Waals surface area contributed by atoms with E-state index in [0.717, 1.165) is 78.9 Å². The van der Waals surface area contributed by atoms with Gasteiger partial charge in [-0.3, -0.25) is 9.88 Å². The average Bonchev–Trinajstić information content (AvgIpc) is 3.45. The van der Waals surface area contributed by atoms with E-state index < -0.39 is 0 Å². The van der Waals surface area contributed by atoms with Crippen LogP contribution in [0, 0.1) is 13.8 Å². The van der Waals surface area contributed by atoms with Crippen LogP contribution >= 0.6 is 11.3 Å². The number of aromatic nitrogens is 5. The Hall–Kier alpha value is -3.36. The number of pyridine rings is 1. The largest absolute Gasteiger partial charge is 0.352 e. The minimum Gasteiger partial charge on any atom is -0.352 e. The van der Waals surface area contributed by atoms with Gasteiger partial charge in [0.05, 0.1) is 22.5 Å². The molecule has 2 aliphatic heterocycles. The van der Waals surface area contributed by atoms with E-state index in [9.17, 15) is 0 Å². The molecule has 0 atom stereocenters. The van der Waals surface area contributed by atoms with Gasteiger partial charge in [-0.1, -0.05) is 24.3 Å². The summed E-state index contributed by atoms with van der Waals surface area (Å²) >= 11 is 1.79. The minimum absolute atomic E-state index is 0.880. The van der Waals surface area contributed by atoms with Gasteiger partial charge in [-0.15, -0.1) is 11.3 Å². The summed E-state index contributed by atoms with van der Waals surface area (Å²) < 4.78 is 2.50. The van der Waals surface area contributed by atoms with Gasteiger partial charge in [-0.25, -0.2) is 15.0 Å². The van der Waals surface area contributed by atoms with Crippen LogP contribution in [0.3, 0.4) is 0 Å². The fourth-order valence-corrected chi connectivity index (χ4v) is 6.84. The van der Waals surface area contributed by atoms with Crippen LogP contribution in [0.5, 0.6) is 0 Å². The lowest BCUT2D eigenvalue weighted by molar-refractivity contribution is 0.247. The molecular weight excluding hydrogens is 478 g/mol. The fourth-order valence-electron chi connectivity index (χ4n) is 5.86. The van der Waals surface area contributed by atoms with Gasteiger partial charge in [-0.2, -0.15) is 0 Å². The maximum Gasteiger partial charge on any atom is 0.156 e. The standard InChI is InChI=1S/C29H31N7S/c1-19-20(2)37-29(32-19)25-24-9-5-6-12-36(24)27-26(25)30-18-31-28(27)35-15-13-34(14-16-35)17-22-11-10-21-7-3-4-8-23(21)33-22/h3-4,7-8,10-11,18H,5-6,9,12-17H2,1-2H3. The van der Waals surface area contributed by atoms with Crippen LogP contribution in [0.4, 0.5) is 5.82 Å². The second-order valence-corrected chi connectivity index (χ2v) is 11.4. The van der Waals surface area contributed by atoms with Crippen LogP contribution < -0.4 is 4.90 Å². The monoisotopic (exact) mass is 509 g/mol. The molecule has 0 amide bonds. The van der Waals surface area contributed by atoms with Crippen molar-refractivity contribution in [2.75, 3.05) is 31.1 Å². The van der Waals surface area contributed by atoms with Crippen molar-refractivity contribution in [2.24, 2.45) is 0 Å². The van der Waals surface area contributed by atoms with Crippen molar-refractivity contribution in [1.29, 1.82) is 0 Å². The molecule has 0 spiro atoms. The van der Waals surface area contributed by atoms with E-state index in [1.165, 1.54) is 39.9 Å². The molecule has 188 valence electrons. The number of hydrogen-bond donors (Lipinski definition) is 0. The molecular formula is C29H31N7S. The molecule has 0 unspecified atom stereocenters. The highest BCUT2D eigenvalue weighted by molar-refractivity contribution is 7.15. The summed E-state index contributed by atoms with van der Waals surface area (Å²) in [5.41, 5.74) is 8.21. The topological polar surface area (TPSA) is 63.0 Å². The van der Waals surface area contributed by atoms with Crippen molar-refractivity contribution in [3.8, 4) is 10.6 Å². The molecule has 8 heteroatoms. The first-order valence-corrected chi connectivity index (χ1v) is 14.1. The van der Waals surface area contributed by atoms with Crippen molar-refractivity contribution in [2.45, 2.75) is 46.2 Å². The third-order valence-electron chi connectivity index (χ3n) is 7.93. The molecule has 1 aromatic carbocycles. The smallest absolute Gasteiger partial charge is 0.156 e. The summed E-state index contributed by atoms with van der Waals surface area (Å²) in [4.78, 5) is 25.8. The third kappa shape index (κ3) is 3.99. The highest BCUT2D eigenvalue weighted by Crippen LogP contribution is 2.41. The first-order valence-electron chi connectivity index (χ1n) is 13.3. The molecule has 0 saturated carbocycles. The van der Waals surface area contributed by atoms with Gasteiger partial charge in [0.2, 0.25) is 0 Å². The number of nitrogens with zero attached hydrogens (tertiary/aromatic N) is 7. The number of rotatable bonds is 4. The molecule has 4 aromatic heterocycles. The predicted octanol–water partition coefficient (Wildman–Crippen LogP) is 5.38. The van der Waals surface area contributed by atoms with Gasteiger partial charge in [0.1, 0.15) is 22.4 Å². The summed E-state index contributed by atoms with van der Waals surface area (Å²) in [6, 6.07) is 12.7. The van der Waals surface area contributed by atoms with Crippen LogP contribution in [0.1, 0.15) is 34.8 Å². The Morgan fingerprint density at radius 3 is 2.59 bits per heavy atom. The second kappa shape index (κ2) is 9.19. The van der Waals surface area contributed by atoms with Crippen molar-refractivity contribution >= 4 is 39.1 Å². The molecule has 0 aliphatic carbocycles. The molecule has 5 aromatic rings. The van der Waals surface area contributed by atoms with E-state index in [1.54, 1.807) is 17.7 Å². The lowest BCUT2D eigenvalue weighted by atomic mass is 10.1. The summed E-state index contributed by atoms with van der Waals surface area (Å²) in [6.45, 7) is 10.1. The fraction of sp³-hybridized carbons (Fsp3) is 0.379.